The van der Waals surface area contributed by atoms with Crippen molar-refractivity contribution in [2.45, 2.75) is 44.0 Å². The summed E-state index contributed by atoms with van der Waals surface area (Å²) in [5.74, 6) is -0.373. The highest BCUT2D eigenvalue weighted by Gasteiger charge is 2.31. The topological polar surface area (TPSA) is 86.7 Å². The minimum Gasteiger partial charge on any atom is -0.508 e. The second kappa shape index (κ2) is 7.70. The summed E-state index contributed by atoms with van der Waals surface area (Å²) >= 11 is 0. The molecular formula is C20H24N2O4S. The van der Waals surface area contributed by atoms with E-state index in [4.69, 9.17) is 0 Å². The van der Waals surface area contributed by atoms with Gasteiger partial charge in [0.25, 0.3) is 5.91 Å². The summed E-state index contributed by atoms with van der Waals surface area (Å²) in [4.78, 5) is 12.8. The normalized spacial score (nSPS) is 18.2. The number of rotatable bonds is 4. The van der Waals surface area contributed by atoms with Crippen molar-refractivity contribution in [2.24, 2.45) is 0 Å². The average molecular weight is 388 g/mol. The third kappa shape index (κ3) is 4.14. The Balaban J connectivity index is 1.90. The predicted molar refractivity (Wildman–Crippen MR) is 104 cm³/mol. The highest BCUT2D eigenvalue weighted by atomic mass is 32.2. The molecule has 0 spiro atoms. The molecule has 1 saturated heterocycles. The number of carbonyl (C=O) groups is 1. The molecule has 1 aliphatic heterocycles. The number of nitrogens with zero attached hydrogens (tertiary/aromatic N) is 1. The molecule has 1 unspecified atom stereocenters. The summed E-state index contributed by atoms with van der Waals surface area (Å²) in [6.07, 6.45) is 2.72. The van der Waals surface area contributed by atoms with E-state index < -0.39 is 15.9 Å². The van der Waals surface area contributed by atoms with Crippen molar-refractivity contribution >= 4 is 21.6 Å². The molecule has 27 heavy (non-hydrogen) atoms. The number of phenols is 1. The van der Waals surface area contributed by atoms with E-state index in [0.29, 0.717) is 23.4 Å². The van der Waals surface area contributed by atoms with Crippen LogP contribution in [0.1, 0.15) is 42.1 Å². The molecule has 2 aromatic carbocycles. The standard InChI is InChI=1S/C20H24N2O4S/c1-14-9-10-18(27(25,26)22-11-4-3-6-15(22)2)13-19(14)20(24)21-16-7-5-8-17(23)12-16/h5,7-10,12-13,15,23H,3-4,6,11H2,1-2H3,(H,21,24). The van der Waals surface area contributed by atoms with Crippen molar-refractivity contribution in [2.75, 3.05) is 11.9 Å². The number of piperidine rings is 1. The second-order valence-corrected chi connectivity index (χ2v) is 8.83. The molecule has 2 N–H and O–H groups in total. The van der Waals surface area contributed by atoms with Gasteiger partial charge < -0.3 is 10.4 Å². The van der Waals surface area contributed by atoms with Gasteiger partial charge in [-0.2, -0.15) is 4.31 Å². The Bertz CT molecular complexity index is 956. The van der Waals surface area contributed by atoms with Crippen LogP contribution in [0.4, 0.5) is 5.69 Å². The van der Waals surface area contributed by atoms with Gasteiger partial charge in [0.05, 0.1) is 4.90 Å². The van der Waals surface area contributed by atoms with Crippen LogP contribution in [0.15, 0.2) is 47.4 Å². The Morgan fingerprint density at radius 1 is 1.19 bits per heavy atom. The lowest BCUT2D eigenvalue weighted by Crippen LogP contribution is -2.42. The molecule has 1 atom stereocenters. The molecule has 1 aliphatic rings. The zero-order valence-corrected chi connectivity index (χ0v) is 16.3. The molecule has 7 heteroatoms. The number of phenolic OH excluding ortho intramolecular Hbond substituents is 1. The summed E-state index contributed by atoms with van der Waals surface area (Å²) in [6.45, 7) is 4.18. The first-order chi connectivity index (χ1) is 12.8. The van der Waals surface area contributed by atoms with Crippen LogP contribution in [0, 0.1) is 6.92 Å². The van der Waals surface area contributed by atoms with Gasteiger partial charge in [0.1, 0.15) is 5.75 Å². The summed E-state index contributed by atoms with van der Waals surface area (Å²) in [5, 5.41) is 12.2. The number of aromatic hydroxyl groups is 1. The molecule has 144 valence electrons. The highest BCUT2D eigenvalue weighted by Crippen LogP contribution is 2.27. The average Bonchev–Trinajstić information content (AvgIpc) is 2.62. The van der Waals surface area contributed by atoms with Gasteiger partial charge in [-0.1, -0.05) is 18.6 Å². The van der Waals surface area contributed by atoms with E-state index in [9.17, 15) is 18.3 Å². The maximum atomic E-state index is 13.0. The van der Waals surface area contributed by atoms with Crippen molar-refractivity contribution in [3.05, 3.63) is 53.6 Å². The number of amides is 1. The SMILES string of the molecule is Cc1ccc(S(=O)(=O)N2CCCCC2C)cc1C(=O)Nc1cccc(O)c1. The zero-order valence-electron chi connectivity index (χ0n) is 15.5. The number of benzene rings is 2. The third-order valence-electron chi connectivity index (χ3n) is 4.91. The summed E-state index contributed by atoms with van der Waals surface area (Å²) in [6, 6.07) is 10.8. The summed E-state index contributed by atoms with van der Waals surface area (Å²) < 4.78 is 27.6. The van der Waals surface area contributed by atoms with Crippen LogP contribution >= 0.6 is 0 Å². The van der Waals surface area contributed by atoms with E-state index in [2.05, 4.69) is 5.32 Å². The molecule has 0 aliphatic carbocycles. The summed E-state index contributed by atoms with van der Waals surface area (Å²) in [7, 11) is -3.65. The molecule has 2 aromatic rings. The fourth-order valence-corrected chi connectivity index (χ4v) is 5.08. The molecule has 1 fully saturated rings. The number of nitrogens with one attached hydrogen (secondary N) is 1. The van der Waals surface area contributed by atoms with Gasteiger partial charge in [-0.15, -0.1) is 0 Å². The molecule has 6 nitrogen and oxygen atoms in total. The zero-order chi connectivity index (χ0) is 19.6. The van der Waals surface area contributed by atoms with Crippen LogP contribution in [0.3, 0.4) is 0 Å². The van der Waals surface area contributed by atoms with Crippen LogP contribution in [-0.2, 0) is 10.0 Å². The van der Waals surface area contributed by atoms with Gasteiger partial charge in [-0.05, 0) is 56.5 Å². The molecule has 1 heterocycles. The molecule has 0 radical (unpaired) electrons. The van der Waals surface area contributed by atoms with E-state index in [1.807, 2.05) is 6.92 Å². The Hall–Kier alpha value is -2.38. The fraction of sp³-hybridized carbons (Fsp3) is 0.350. The van der Waals surface area contributed by atoms with E-state index in [1.54, 1.807) is 31.2 Å². The quantitative estimate of drug-likeness (QED) is 0.839. The molecular weight excluding hydrogens is 364 g/mol. The van der Waals surface area contributed by atoms with Gasteiger partial charge in [-0.3, -0.25) is 4.79 Å². The minimum absolute atomic E-state index is 0.0416. The van der Waals surface area contributed by atoms with Gasteiger partial charge in [0, 0.05) is 29.9 Å². The number of anilines is 1. The van der Waals surface area contributed by atoms with Gasteiger partial charge >= 0.3 is 0 Å². The molecule has 0 bridgehead atoms. The number of carbonyl (C=O) groups excluding carboxylic acids is 1. The first-order valence-electron chi connectivity index (χ1n) is 9.02. The Labute approximate surface area is 159 Å². The third-order valence-corrected chi connectivity index (χ3v) is 6.92. The number of aryl methyl sites for hydroxylation is 1. The monoisotopic (exact) mass is 388 g/mol. The van der Waals surface area contributed by atoms with Gasteiger partial charge in [-0.25, -0.2) is 8.42 Å². The van der Waals surface area contributed by atoms with Crippen LogP contribution in [0.5, 0.6) is 5.75 Å². The number of hydrogen-bond acceptors (Lipinski definition) is 4. The first kappa shape index (κ1) is 19.4. The Morgan fingerprint density at radius 2 is 1.96 bits per heavy atom. The number of sulfonamides is 1. The van der Waals surface area contributed by atoms with Crippen LogP contribution in [0.25, 0.3) is 0 Å². The maximum Gasteiger partial charge on any atom is 0.255 e. The largest absolute Gasteiger partial charge is 0.508 e. The van der Waals surface area contributed by atoms with Gasteiger partial charge in [0.2, 0.25) is 10.0 Å². The van der Waals surface area contributed by atoms with E-state index >= 15 is 0 Å². The Morgan fingerprint density at radius 3 is 2.67 bits per heavy atom. The highest BCUT2D eigenvalue weighted by molar-refractivity contribution is 7.89. The van der Waals surface area contributed by atoms with Crippen LogP contribution in [0.2, 0.25) is 0 Å². The van der Waals surface area contributed by atoms with Crippen molar-refractivity contribution in [1.29, 1.82) is 0 Å². The van der Waals surface area contributed by atoms with Crippen molar-refractivity contribution in [3.8, 4) is 5.75 Å². The predicted octanol–water partition coefficient (Wildman–Crippen LogP) is 3.52. The lowest BCUT2D eigenvalue weighted by molar-refractivity contribution is 0.102. The van der Waals surface area contributed by atoms with Crippen molar-refractivity contribution in [1.82, 2.24) is 4.31 Å². The molecule has 3 rings (SSSR count). The van der Waals surface area contributed by atoms with Crippen LogP contribution in [-0.4, -0.2) is 36.3 Å². The van der Waals surface area contributed by atoms with E-state index in [0.717, 1.165) is 19.3 Å². The van der Waals surface area contributed by atoms with Crippen LogP contribution < -0.4 is 5.32 Å². The number of hydrogen-bond donors (Lipinski definition) is 2. The van der Waals surface area contributed by atoms with Crippen molar-refractivity contribution in [3.63, 3.8) is 0 Å². The first-order valence-corrected chi connectivity index (χ1v) is 10.5. The Kier molecular flexibility index (Phi) is 5.53. The summed E-state index contributed by atoms with van der Waals surface area (Å²) in [5.41, 5.74) is 1.42. The smallest absolute Gasteiger partial charge is 0.255 e. The van der Waals surface area contributed by atoms with E-state index in [1.165, 1.54) is 22.5 Å². The second-order valence-electron chi connectivity index (χ2n) is 6.94. The maximum absolute atomic E-state index is 13.0. The van der Waals surface area contributed by atoms with Crippen molar-refractivity contribution < 1.29 is 18.3 Å². The van der Waals surface area contributed by atoms with Gasteiger partial charge in [0.15, 0.2) is 0 Å². The fourth-order valence-electron chi connectivity index (χ4n) is 3.35. The lowest BCUT2D eigenvalue weighted by Gasteiger charge is -2.32. The molecule has 1 amide bonds. The molecule has 0 saturated carbocycles. The minimum atomic E-state index is -3.65. The molecule has 0 aromatic heterocycles. The van der Waals surface area contributed by atoms with E-state index in [-0.39, 0.29) is 16.7 Å². The lowest BCUT2D eigenvalue weighted by atomic mass is 10.1.